The van der Waals surface area contributed by atoms with Crippen LogP contribution in [0, 0.1) is 0 Å². The van der Waals surface area contributed by atoms with Crippen LogP contribution in [-0.4, -0.2) is 32.6 Å². The van der Waals surface area contributed by atoms with Crippen LogP contribution in [0.1, 0.15) is 32.7 Å². The van der Waals surface area contributed by atoms with Gasteiger partial charge >= 0.3 is 0 Å². The molecule has 0 unspecified atom stereocenters. The molecule has 3 aromatic carbocycles. The first-order chi connectivity index (χ1) is 15.1. The minimum Gasteiger partial charge on any atom is -0.497 e. The summed E-state index contributed by atoms with van der Waals surface area (Å²) in [5.41, 5.74) is 3.62. The van der Waals surface area contributed by atoms with E-state index in [0.29, 0.717) is 34.9 Å². The van der Waals surface area contributed by atoms with E-state index < -0.39 is 0 Å². The number of carbonyl (C=O) groups is 2. The van der Waals surface area contributed by atoms with E-state index in [2.05, 4.69) is 5.32 Å². The average molecular weight is 416 g/mol. The van der Waals surface area contributed by atoms with Gasteiger partial charge in [0.1, 0.15) is 11.5 Å². The zero-order chi connectivity index (χ0) is 21.8. The van der Waals surface area contributed by atoms with Gasteiger partial charge in [0.2, 0.25) is 0 Å². The molecule has 31 heavy (non-hydrogen) atoms. The molecule has 1 aliphatic heterocycles. The fourth-order valence-electron chi connectivity index (χ4n) is 3.74. The molecule has 0 radical (unpaired) electrons. The van der Waals surface area contributed by atoms with Gasteiger partial charge in [0.15, 0.2) is 0 Å². The second-order valence-electron chi connectivity index (χ2n) is 7.33. The largest absolute Gasteiger partial charge is 0.497 e. The fourth-order valence-corrected chi connectivity index (χ4v) is 3.74. The Labute approximate surface area is 181 Å². The number of anilines is 2. The van der Waals surface area contributed by atoms with Crippen LogP contribution in [0.15, 0.2) is 66.7 Å². The van der Waals surface area contributed by atoms with Crippen LogP contribution >= 0.6 is 0 Å². The maximum absolute atomic E-state index is 13.1. The van der Waals surface area contributed by atoms with Crippen LogP contribution in [0.3, 0.4) is 0 Å². The summed E-state index contributed by atoms with van der Waals surface area (Å²) in [5.74, 6) is 0.751. The molecule has 2 amide bonds. The number of amides is 2. The van der Waals surface area contributed by atoms with Crippen molar-refractivity contribution in [1.82, 2.24) is 0 Å². The molecular formula is C25H24N2O4. The highest BCUT2D eigenvalue weighted by atomic mass is 16.5. The molecule has 0 bridgehead atoms. The predicted octanol–water partition coefficient (Wildman–Crippen LogP) is 4.55. The molecule has 0 aliphatic carbocycles. The van der Waals surface area contributed by atoms with Crippen LogP contribution in [-0.2, 0) is 6.42 Å². The Morgan fingerprint density at radius 3 is 2.26 bits per heavy atom. The maximum Gasteiger partial charge on any atom is 0.258 e. The molecule has 1 aliphatic rings. The number of hydrogen-bond acceptors (Lipinski definition) is 4. The van der Waals surface area contributed by atoms with Crippen LogP contribution in [0.5, 0.6) is 11.5 Å². The van der Waals surface area contributed by atoms with Gasteiger partial charge in [0.25, 0.3) is 11.8 Å². The third kappa shape index (κ3) is 4.38. The number of rotatable bonds is 5. The van der Waals surface area contributed by atoms with Crippen molar-refractivity contribution >= 4 is 23.2 Å². The van der Waals surface area contributed by atoms with Gasteiger partial charge in [0, 0.05) is 35.1 Å². The summed E-state index contributed by atoms with van der Waals surface area (Å²) in [6.45, 7) is 0.644. The molecule has 0 atom stereocenters. The molecule has 0 saturated heterocycles. The first kappa shape index (κ1) is 20.5. The zero-order valence-corrected chi connectivity index (χ0v) is 17.6. The van der Waals surface area contributed by atoms with E-state index in [-0.39, 0.29) is 11.8 Å². The van der Waals surface area contributed by atoms with Crippen molar-refractivity contribution in [1.29, 1.82) is 0 Å². The Kier molecular flexibility index (Phi) is 5.89. The molecule has 0 aromatic heterocycles. The minimum atomic E-state index is -0.283. The molecule has 1 N–H and O–H groups in total. The topological polar surface area (TPSA) is 67.9 Å². The van der Waals surface area contributed by atoms with E-state index in [1.807, 2.05) is 48.5 Å². The Morgan fingerprint density at radius 2 is 1.58 bits per heavy atom. The summed E-state index contributed by atoms with van der Waals surface area (Å²) in [7, 11) is 3.08. The molecule has 4 rings (SSSR count). The lowest BCUT2D eigenvalue weighted by Gasteiger charge is -2.30. The molecule has 1 heterocycles. The quantitative estimate of drug-likeness (QED) is 0.663. The van der Waals surface area contributed by atoms with Gasteiger partial charge in [-0.05, 0) is 54.8 Å². The van der Waals surface area contributed by atoms with Gasteiger partial charge < -0.3 is 19.7 Å². The van der Waals surface area contributed by atoms with E-state index in [9.17, 15) is 9.59 Å². The average Bonchev–Trinajstić information content (AvgIpc) is 2.83. The number of methoxy groups -OCH3 is 2. The summed E-state index contributed by atoms with van der Waals surface area (Å²) in [6.07, 6.45) is 1.80. The van der Waals surface area contributed by atoms with Gasteiger partial charge in [-0.15, -0.1) is 0 Å². The van der Waals surface area contributed by atoms with Crippen molar-refractivity contribution in [2.24, 2.45) is 0 Å². The van der Waals surface area contributed by atoms with E-state index in [1.165, 1.54) is 14.2 Å². The number of fused-ring (bicyclic) bond motifs is 1. The summed E-state index contributed by atoms with van der Waals surface area (Å²) < 4.78 is 10.5. The number of benzene rings is 3. The SMILES string of the molecule is COc1cc(OC)cc(C(=O)Nc2ccc3c(c2)N(C(=O)c2ccccc2)CCC3)c1. The molecule has 0 spiro atoms. The minimum absolute atomic E-state index is 0.0393. The normalized spacial score (nSPS) is 12.6. The standard InChI is InChI=1S/C25H24N2O4/c1-30-21-13-19(14-22(16-21)31-2)24(28)26-20-11-10-17-9-6-12-27(23(17)15-20)25(29)18-7-4-3-5-8-18/h3-5,7-8,10-11,13-16H,6,9,12H2,1-2H3,(H,26,28). The molecule has 3 aromatic rings. The molecule has 6 heteroatoms. The number of hydrogen-bond donors (Lipinski definition) is 1. The van der Waals surface area contributed by atoms with Crippen molar-refractivity contribution in [3.63, 3.8) is 0 Å². The Balaban J connectivity index is 1.60. The summed E-state index contributed by atoms with van der Waals surface area (Å²) in [6, 6.07) is 20.0. The summed E-state index contributed by atoms with van der Waals surface area (Å²) in [5, 5.41) is 2.92. The second-order valence-corrected chi connectivity index (χ2v) is 7.33. The number of carbonyl (C=O) groups excluding carboxylic acids is 2. The molecule has 0 saturated carbocycles. The van der Waals surface area contributed by atoms with Gasteiger partial charge in [-0.25, -0.2) is 0 Å². The van der Waals surface area contributed by atoms with Crippen molar-refractivity contribution in [2.75, 3.05) is 31.0 Å². The van der Waals surface area contributed by atoms with Crippen LogP contribution in [0.4, 0.5) is 11.4 Å². The first-order valence-corrected chi connectivity index (χ1v) is 10.1. The number of nitrogens with zero attached hydrogens (tertiary/aromatic N) is 1. The van der Waals surface area contributed by atoms with Crippen LogP contribution in [0.2, 0.25) is 0 Å². The van der Waals surface area contributed by atoms with Crippen molar-refractivity contribution in [2.45, 2.75) is 12.8 Å². The number of aryl methyl sites for hydroxylation is 1. The number of nitrogens with one attached hydrogen (secondary N) is 1. The molecular weight excluding hydrogens is 392 g/mol. The van der Waals surface area contributed by atoms with Gasteiger partial charge in [-0.3, -0.25) is 9.59 Å². The van der Waals surface area contributed by atoms with Crippen molar-refractivity contribution in [3.8, 4) is 11.5 Å². The highest BCUT2D eigenvalue weighted by molar-refractivity contribution is 6.08. The van der Waals surface area contributed by atoms with Gasteiger partial charge in [0.05, 0.1) is 14.2 Å². The van der Waals surface area contributed by atoms with Crippen molar-refractivity contribution in [3.05, 3.63) is 83.4 Å². The third-order valence-corrected chi connectivity index (χ3v) is 5.34. The van der Waals surface area contributed by atoms with Crippen LogP contribution in [0.25, 0.3) is 0 Å². The predicted molar refractivity (Wildman–Crippen MR) is 120 cm³/mol. The highest BCUT2D eigenvalue weighted by Gasteiger charge is 2.24. The van der Waals surface area contributed by atoms with E-state index in [0.717, 1.165) is 24.1 Å². The van der Waals surface area contributed by atoms with E-state index in [4.69, 9.17) is 9.47 Å². The van der Waals surface area contributed by atoms with Gasteiger partial charge in [-0.2, -0.15) is 0 Å². The Morgan fingerprint density at radius 1 is 0.871 bits per heavy atom. The fraction of sp³-hybridized carbons (Fsp3) is 0.200. The Hall–Kier alpha value is -3.80. The first-order valence-electron chi connectivity index (χ1n) is 10.1. The molecule has 158 valence electrons. The van der Waals surface area contributed by atoms with E-state index >= 15 is 0 Å². The molecule has 0 fully saturated rings. The highest BCUT2D eigenvalue weighted by Crippen LogP contribution is 2.32. The molecule has 6 nitrogen and oxygen atoms in total. The summed E-state index contributed by atoms with van der Waals surface area (Å²) >= 11 is 0. The van der Waals surface area contributed by atoms with Gasteiger partial charge in [-0.1, -0.05) is 24.3 Å². The Bertz CT molecular complexity index is 1090. The van der Waals surface area contributed by atoms with E-state index in [1.54, 1.807) is 23.1 Å². The lowest BCUT2D eigenvalue weighted by molar-refractivity contribution is 0.0984. The second kappa shape index (κ2) is 8.92. The van der Waals surface area contributed by atoms with Crippen molar-refractivity contribution < 1.29 is 19.1 Å². The smallest absolute Gasteiger partial charge is 0.258 e. The zero-order valence-electron chi connectivity index (χ0n) is 17.6. The lowest BCUT2D eigenvalue weighted by Crippen LogP contribution is -2.35. The number of ether oxygens (including phenoxy) is 2. The lowest BCUT2D eigenvalue weighted by atomic mass is 10.00. The maximum atomic E-state index is 13.1. The van der Waals surface area contributed by atoms with Crippen LogP contribution < -0.4 is 19.7 Å². The monoisotopic (exact) mass is 416 g/mol. The third-order valence-electron chi connectivity index (χ3n) is 5.34. The summed E-state index contributed by atoms with van der Waals surface area (Å²) in [4.78, 5) is 27.7.